The number of esters is 1. The second-order valence-electron chi connectivity index (χ2n) is 4.04. The van der Waals surface area contributed by atoms with Gasteiger partial charge >= 0.3 is 5.97 Å². The van der Waals surface area contributed by atoms with E-state index in [1.807, 2.05) is 11.5 Å². The zero-order valence-corrected chi connectivity index (χ0v) is 11.3. The van der Waals surface area contributed by atoms with Crippen LogP contribution < -0.4 is 11.1 Å². The summed E-state index contributed by atoms with van der Waals surface area (Å²) in [5.41, 5.74) is 6.24. The lowest BCUT2D eigenvalue weighted by atomic mass is 10.2. The van der Waals surface area contributed by atoms with Crippen molar-refractivity contribution in [2.24, 2.45) is 0 Å². The summed E-state index contributed by atoms with van der Waals surface area (Å²) in [6.45, 7) is 3.24. The van der Waals surface area contributed by atoms with E-state index in [1.165, 1.54) is 13.3 Å². The van der Waals surface area contributed by atoms with Gasteiger partial charge in [0, 0.05) is 6.54 Å². The molecule has 0 amide bonds. The fraction of sp³-hybridized carbons (Fsp3) is 0.333. The van der Waals surface area contributed by atoms with E-state index in [4.69, 9.17) is 5.73 Å². The molecular weight excluding hydrogens is 260 g/mol. The van der Waals surface area contributed by atoms with Crippen molar-refractivity contribution >= 4 is 17.5 Å². The molecule has 8 heteroatoms. The minimum Gasteiger partial charge on any atom is -0.465 e. The first-order valence-electron chi connectivity index (χ1n) is 6.10. The van der Waals surface area contributed by atoms with Crippen molar-refractivity contribution in [1.29, 1.82) is 0 Å². The van der Waals surface area contributed by atoms with Crippen LogP contribution in [0.5, 0.6) is 0 Å². The number of nitrogens with zero attached hydrogens (tertiary/aromatic N) is 4. The molecule has 0 aromatic carbocycles. The lowest BCUT2D eigenvalue weighted by Crippen LogP contribution is -2.11. The van der Waals surface area contributed by atoms with Gasteiger partial charge in [-0.05, 0) is 13.0 Å². The highest BCUT2D eigenvalue weighted by Crippen LogP contribution is 2.16. The largest absolute Gasteiger partial charge is 0.465 e. The molecule has 0 radical (unpaired) electrons. The van der Waals surface area contributed by atoms with Crippen molar-refractivity contribution in [3.8, 4) is 0 Å². The number of hydrogen-bond donors (Lipinski definition) is 2. The van der Waals surface area contributed by atoms with E-state index >= 15 is 0 Å². The number of carbonyl (C=O) groups is 1. The summed E-state index contributed by atoms with van der Waals surface area (Å²) < 4.78 is 6.57. The maximum Gasteiger partial charge on any atom is 0.340 e. The Kier molecular flexibility index (Phi) is 4.14. The summed E-state index contributed by atoms with van der Waals surface area (Å²) in [7, 11) is 1.30. The minimum absolute atomic E-state index is 0.277. The van der Waals surface area contributed by atoms with Gasteiger partial charge in [0.15, 0.2) is 5.82 Å². The van der Waals surface area contributed by atoms with E-state index in [9.17, 15) is 4.79 Å². The third kappa shape index (κ3) is 2.85. The number of carbonyl (C=O) groups excluding carboxylic acids is 1. The minimum atomic E-state index is -0.496. The van der Waals surface area contributed by atoms with Gasteiger partial charge in [-0.3, -0.25) is 0 Å². The predicted molar refractivity (Wildman–Crippen MR) is 73.0 cm³/mol. The van der Waals surface area contributed by atoms with Crippen molar-refractivity contribution in [1.82, 2.24) is 19.7 Å². The molecule has 8 nitrogen and oxygen atoms in total. The molecule has 0 unspecified atom stereocenters. The van der Waals surface area contributed by atoms with E-state index in [1.54, 1.807) is 12.4 Å². The Balaban J connectivity index is 2.12. The standard InChI is InChI=1S/C12H16N6O2/c1-3-18-7-16-17-11(18)6-15-10-4-8(12(19)20-2)9(13)5-14-10/h4-5,7H,3,6,13H2,1-2H3,(H,14,15). The van der Waals surface area contributed by atoms with Crippen LogP contribution in [0, 0.1) is 0 Å². The number of aromatic nitrogens is 4. The van der Waals surface area contributed by atoms with Crippen molar-refractivity contribution in [3.05, 3.63) is 30.0 Å². The molecule has 0 fully saturated rings. The van der Waals surface area contributed by atoms with E-state index in [2.05, 4.69) is 25.2 Å². The van der Waals surface area contributed by atoms with Gasteiger partial charge in [0.2, 0.25) is 0 Å². The van der Waals surface area contributed by atoms with Crippen molar-refractivity contribution in [3.63, 3.8) is 0 Å². The number of anilines is 2. The average molecular weight is 276 g/mol. The van der Waals surface area contributed by atoms with Crippen LogP contribution in [0.15, 0.2) is 18.6 Å². The van der Waals surface area contributed by atoms with Gasteiger partial charge in [0.1, 0.15) is 12.1 Å². The van der Waals surface area contributed by atoms with Crippen molar-refractivity contribution < 1.29 is 9.53 Å². The number of ether oxygens (including phenoxy) is 1. The molecule has 0 saturated heterocycles. The number of aryl methyl sites for hydroxylation is 1. The molecule has 0 bridgehead atoms. The molecule has 3 N–H and O–H groups in total. The van der Waals surface area contributed by atoms with Crippen LogP contribution in [-0.4, -0.2) is 32.8 Å². The number of nitrogen functional groups attached to an aromatic ring is 1. The molecule has 0 saturated carbocycles. The summed E-state index contributed by atoms with van der Waals surface area (Å²) >= 11 is 0. The monoisotopic (exact) mass is 276 g/mol. The fourth-order valence-electron chi connectivity index (χ4n) is 1.70. The lowest BCUT2D eigenvalue weighted by Gasteiger charge is -2.09. The maximum absolute atomic E-state index is 11.5. The SMILES string of the molecule is CCn1cnnc1CNc1cc(C(=O)OC)c(N)cn1. The van der Waals surface area contributed by atoms with Gasteiger partial charge in [-0.1, -0.05) is 0 Å². The highest BCUT2D eigenvalue weighted by molar-refractivity contribution is 5.95. The van der Waals surface area contributed by atoms with Crippen molar-refractivity contribution in [2.75, 3.05) is 18.2 Å². The van der Waals surface area contributed by atoms with E-state index in [0.717, 1.165) is 12.4 Å². The molecule has 20 heavy (non-hydrogen) atoms. The smallest absolute Gasteiger partial charge is 0.340 e. The summed E-state index contributed by atoms with van der Waals surface area (Å²) in [5, 5.41) is 10.9. The second-order valence-corrected chi connectivity index (χ2v) is 4.04. The van der Waals surface area contributed by atoms with E-state index in [0.29, 0.717) is 12.4 Å². The first kappa shape index (κ1) is 13.8. The molecule has 0 spiro atoms. The number of rotatable bonds is 5. The first-order chi connectivity index (χ1) is 9.65. The summed E-state index contributed by atoms with van der Waals surface area (Å²) in [6, 6.07) is 1.55. The molecule has 2 aromatic heterocycles. The summed E-state index contributed by atoms with van der Waals surface area (Å²) in [4.78, 5) is 15.6. The Morgan fingerprint density at radius 2 is 2.35 bits per heavy atom. The van der Waals surface area contributed by atoms with Gasteiger partial charge in [0.25, 0.3) is 0 Å². The van der Waals surface area contributed by atoms with Crippen LogP contribution >= 0.6 is 0 Å². The topological polar surface area (TPSA) is 108 Å². The predicted octanol–water partition coefficient (Wildman–Crippen LogP) is 0.674. The normalized spacial score (nSPS) is 10.3. The number of nitrogens with one attached hydrogen (secondary N) is 1. The third-order valence-corrected chi connectivity index (χ3v) is 2.80. The highest BCUT2D eigenvalue weighted by atomic mass is 16.5. The molecule has 0 aliphatic carbocycles. The Bertz CT molecular complexity index is 610. The lowest BCUT2D eigenvalue weighted by molar-refractivity contribution is 0.0602. The molecule has 2 aromatic rings. The van der Waals surface area contributed by atoms with E-state index < -0.39 is 5.97 Å². The van der Waals surface area contributed by atoms with Gasteiger partial charge in [0.05, 0.1) is 31.1 Å². The van der Waals surface area contributed by atoms with Crippen LogP contribution in [0.25, 0.3) is 0 Å². The molecule has 106 valence electrons. The van der Waals surface area contributed by atoms with Crippen molar-refractivity contribution in [2.45, 2.75) is 20.0 Å². The highest BCUT2D eigenvalue weighted by Gasteiger charge is 2.12. The Morgan fingerprint density at radius 1 is 1.55 bits per heavy atom. The molecule has 2 rings (SSSR count). The van der Waals surface area contributed by atoms with E-state index in [-0.39, 0.29) is 11.3 Å². The van der Waals surface area contributed by atoms with Crippen LogP contribution in [0.2, 0.25) is 0 Å². The van der Waals surface area contributed by atoms with Gasteiger partial charge in [-0.25, -0.2) is 9.78 Å². The van der Waals surface area contributed by atoms with Crippen LogP contribution in [-0.2, 0) is 17.8 Å². The number of pyridine rings is 1. The van der Waals surface area contributed by atoms with Crippen LogP contribution in [0.1, 0.15) is 23.1 Å². The Labute approximate surface area is 116 Å². The number of hydrogen-bond acceptors (Lipinski definition) is 7. The molecule has 2 heterocycles. The maximum atomic E-state index is 11.5. The van der Waals surface area contributed by atoms with Crippen LogP contribution in [0.3, 0.4) is 0 Å². The summed E-state index contributed by atoms with van der Waals surface area (Å²) in [5.74, 6) is 0.806. The average Bonchev–Trinajstić information content (AvgIpc) is 2.93. The number of methoxy groups -OCH3 is 1. The molecular formula is C12H16N6O2. The molecule has 0 aliphatic rings. The zero-order valence-electron chi connectivity index (χ0n) is 11.3. The molecule has 0 aliphatic heterocycles. The first-order valence-corrected chi connectivity index (χ1v) is 6.10. The fourth-order valence-corrected chi connectivity index (χ4v) is 1.70. The third-order valence-electron chi connectivity index (χ3n) is 2.80. The number of nitrogens with two attached hydrogens (primary N) is 1. The van der Waals surface area contributed by atoms with Gasteiger partial charge in [-0.2, -0.15) is 0 Å². The quantitative estimate of drug-likeness (QED) is 0.773. The van der Waals surface area contributed by atoms with Gasteiger partial charge < -0.3 is 20.4 Å². The Hall–Kier alpha value is -2.64. The zero-order chi connectivity index (χ0) is 14.5. The second kappa shape index (κ2) is 6.00. The molecule has 0 atom stereocenters. The van der Waals surface area contributed by atoms with Gasteiger partial charge in [-0.15, -0.1) is 10.2 Å². The summed E-state index contributed by atoms with van der Waals surface area (Å²) in [6.07, 6.45) is 3.08. The Morgan fingerprint density at radius 3 is 3.05 bits per heavy atom. The van der Waals surface area contributed by atoms with Crippen LogP contribution in [0.4, 0.5) is 11.5 Å².